The quantitative estimate of drug-likeness (QED) is 0.702. The molecular weight excluding hydrogens is 385 g/mol. The first kappa shape index (κ1) is 19.8. The summed E-state index contributed by atoms with van der Waals surface area (Å²) < 4.78 is 14.8. The number of benzene rings is 1. The van der Waals surface area contributed by atoms with Crippen molar-refractivity contribution in [1.82, 2.24) is 20.1 Å². The van der Waals surface area contributed by atoms with E-state index in [0.717, 1.165) is 24.9 Å². The van der Waals surface area contributed by atoms with Crippen LogP contribution in [0, 0.1) is 11.7 Å². The molecule has 0 spiro atoms. The zero-order valence-electron chi connectivity index (χ0n) is 16.4. The summed E-state index contributed by atoms with van der Waals surface area (Å²) in [5, 5.41) is 7.39. The standard InChI is InChI=1S/C22H22FN5O2/c23-18-6-1-7-19(12-18)28-21(29)9-8-20(26-28)27-11-3-5-17(15-27)22(30)25-14-16-4-2-10-24-13-16/h1-2,4,6-10,12-13,17H,3,5,11,14-15H2,(H,25,30). The maximum Gasteiger partial charge on any atom is 0.271 e. The molecule has 0 aliphatic carbocycles. The molecule has 4 rings (SSSR count). The Labute approximate surface area is 173 Å². The van der Waals surface area contributed by atoms with Gasteiger partial charge in [-0.15, -0.1) is 5.10 Å². The average molecular weight is 407 g/mol. The van der Waals surface area contributed by atoms with Crippen LogP contribution in [0.15, 0.2) is 65.7 Å². The molecule has 30 heavy (non-hydrogen) atoms. The highest BCUT2D eigenvalue weighted by Gasteiger charge is 2.26. The van der Waals surface area contributed by atoms with Gasteiger partial charge in [-0.25, -0.2) is 4.39 Å². The second-order valence-corrected chi connectivity index (χ2v) is 7.29. The predicted molar refractivity (Wildman–Crippen MR) is 111 cm³/mol. The highest BCUT2D eigenvalue weighted by Crippen LogP contribution is 2.21. The van der Waals surface area contributed by atoms with Gasteiger partial charge in [0.25, 0.3) is 5.56 Å². The van der Waals surface area contributed by atoms with Crippen LogP contribution < -0.4 is 15.8 Å². The van der Waals surface area contributed by atoms with Gasteiger partial charge in [-0.2, -0.15) is 4.68 Å². The molecule has 8 heteroatoms. The Morgan fingerprint density at radius 2 is 2.10 bits per heavy atom. The van der Waals surface area contributed by atoms with Crippen molar-refractivity contribution in [3.05, 3.63) is 82.7 Å². The lowest BCUT2D eigenvalue weighted by Gasteiger charge is -2.32. The molecule has 154 valence electrons. The van der Waals surface area contributed by atoms with E-state index in [1.54, 1.807) is 24.5 Å². The number of halogens is 1. The van der Waals surface area contributed by atoms with E-state index >= 15 is 0 Å². The molecule has 0 bridgehead atoms. The molecule has 1 fully saturated rings. The summed E-state index contributed by atoms with van der Waals surface area (Å²) in [5.41, 5.74) is 0.971. The number of pyridine rings is 1. The maximum atomic E-state index is 13.6. The fourth-order valence-corrected chi connectivity index (χ4v) is 3.60. The highest BCUT2D eigenvalue weighted by molar-refractivity contribution is 5.79. The number of piperidine rings is 1. The van der Waals surface area contributed by atoms with E-state index in [0.29, 0.717) is 24.6 Å². The van der Waals surface area contributed by atoms with Crippen molar-refractivity contribution in [3.63, 3.8) is 0 Å². The van der Waals surface area contributed by atoms with Crippen molar-refractivity contribution in [2.45, 2.75) is 19.4 Å². The van der Waals surface area contributed by atoms with E-state index in [1.165, 1.54) is 28.9 Å². The molecule has 0 saturated carbocycles. The van der Waals surface area contributed by atoms with Gasteiger partial charge in [0.15, 0.2) is 0 Å². The van der Waals surface area contributed by atoms with Gasteiger partial charge >= 0.3 is 0 Å². The Hall–Kier alpha value is -3.55. The minimum Gasteiger partial charge on any atom is -0.354 e. The van der Waals surface area contributed by atoms with Crippen LogP contribution in [-0.4, -0.2) is 33.8 Å². The fourth-order valence-electron chi connectivity index (χ4n) is 3.60. The lowest BCUT2D eigenvalue weighted by atomic mass is 9.97. The maximum absolute atomic E-state index is 13.6. The van der Waals surface area contributed by atoms with Crippen molar-refractivity contribution in [2.24, 2.45) is 5.92 Å². The molecule has 1 aliphatic rings. The second kappa shape index (κ2) is 8.86. The summed E-state index contributed by atoms with van der Waals surface area (Å²) in [4.78, 5) is 30.9. The van der Waals surface area contributed by atoms with Gasteiger partial charge in [0, 0.05) is 38.1 Å². The normalized spacial score (nSPS) is 16.3. The summed E-state index contributed by atoms with van der Waals surface area (Å²) >= 11 is 0. The van der Waals surface area contributed by atoms with Gasteiger partial charge in [-0.3, -0.25) is 14.6 Å². The second-order valence-electron chi connectivity index (χ2n) is 7.29. The zero-order valence-corrected chi connectivity index (χ0v) is 16.4. The first-order chi connectivity index (χ1) is 14.6. The largest absolute Gasteiger partial charge is 0.354 e. The molecule has 1 saturated heterocycles. The molecule has 3 heterocycles. The number of carbonyl (C=O) groups excluding carboxylic acids is 1. The molecule has 1 unspecified atom stereocenters. The summed E-state index contributed by atoms with van der Waals surface area (Å²) in [6.45, 7) is 1.68. The van der Waals surface area contributed by atoms with E-state index in [9.17, 15) is 14.0 Å². The van der Waals surface area contributed by atoms with Crippen molar-refractivity contribution >= 4 is 11.7 Å². The molecule has 1 amide bonds. The first-order valence-electron chi connectivity index (χ1n) is 9.88. The summed E-state index contributed by atoms with van der Waals surface area (Å²) in [6.07, 6.45) is 5.05. The molecule has 1 atom stereocenters. The molecule has 1 N–H and O–H groups in total. The third-order valence-corrected chi connectivity index (χ3v) is 5.14. The van der Waals surface area contributed by atoms with Gasteiger partial charge in [0.05, 0.1) is 11.6 Å². The number of anilines is 1. The Morgan fingerprint density at radius 1 is 1.20 bits per heavy atom. The van der Waals surface area contributed by atoms with Gasteiger partial charge < -0.3 is 10.2 Å². The van der Waals surface area contributed by atoms with Gasteiger partial charge in [-0.1, -0.05) is 12.1 Å². The van der Waals surface area contributed by atoms with Crippen molar-refractivity contribution < 1.29 is 9.18 Å². The van der Waals surface area contributed by atoms with Crippen LogP contribution in [0.2, 0.25) is 0 Å². The number of carbonyl (C=O) groups is 1. The van der Waals surface area contributed by atoms with E-state index < -0.39 is 5.82 Å². The topological polar surface area (TPSA) is 80.1 Å². The van der Waals surface area contributed by atoms with Crippen LogP contribution in [-0.2, 0) is 11.3 Å². The number of amides is 1. The van der Waals surface area contributed by atoms with Gasteiger partial charge in [0.1, 0.15) is 11.6 Å². The zero-order chi connectivity index (χ0) is 20.9. The number of rotatable bonds is 5. The number of aromatic nitrogens is 3. The van der Waals surface area contributed by atoms with Crippen molar-refractivity contribution in [3.8, 4) is 5.69 Å². The van der Waals surface area contributed by atoms with E-state index in [4.69, 9.17) is 0 Å². The van der Waals surface area contributed by atoms with E-state index in [2.05, 4.69) is 15.4 Å². The molecule has 0 radical (unpaired) electrons. The monoisotopic (exact) mass is 407 g/mol. The van der Waals surface area contributed by atoms with Crippen LogP contribution in [0.25, 0.3) is 5.69 Å². The van der Waals surface area contributed by atoms with Gasteiger partial charge in [0.2, 0.25) is 5.91 Å². The summed E-state index contributed by atoms with van der Waals surface area (Å²) in [5.74, 6) is -0.0349. The number of hydrogen-bond donors (Lipinski definition) is 1. The first-order valence-corrected chi connectivity index (χ1v) is 9.88. The third-order valence-electron chi connectivity index (χ3n) is 5.14. The SMILES string of the molecule is O=C(NCc1cccnc1)C1CCCN(c2ccc(=O)n(-c3cccc(F)c3)n2)C1. The molecule has 7 nitrogen and oxygen atoms in total. The molecule has 1 aromatic carbocycles. The lowest BCUT2D eigenvalue weighted by Crippen LogP contribution is -2.43. The average Bonchev–Trinajstić information content (AvgIpc) is 2.78. The molecule has 2 aromatic heterocycles. The lowest BCUT2D eigenvalue weighted by molar-refractivity contribution is -0.125. The number of hydrogen-bond acceptors (Lipinski definition) is 5. The molecule has 3 aromatic rings. The minimum absolute atomic E-state index is 0.0120. The Bertz CT molecular complexity index is 1090. The van der Waals surface area contributed by atoms with Crippen LogP contribution >= 0.6 is 0 Å². The summed E-state index contributed by atoms with van der Waals surface area (Å²) in [7, 11) is 0. The van der Waals surface area contributed by atoms with Crippen LogP contribution in [0.3, 0.4) is 0 Å². The Morgan fingerprint density at radius 3 is 2.90 bits per heavy atom. The highest BCUT2D eigenvalue weighted by atomic mass is 19.1. The fraction of sp³-hybridized carbons (Fsp3) is 0.273. The smallest absolute Gasteiger partial charge is 0.271 e. The minimum atomic E-state index is -0.435. The Balaban J connectivity index is 1.47. The van der Waals surface area contributed by atoms with Crippen molar-refractivity contribution in [2.75, 3.05) is 18.0 Å². The summed E-state index contributed by atoms with van der Waals surface area (Å²) in [6, 6.07) is 12.6. The van der Waals surface area contributed by atoms with E-state index in [1.807, 2.05) is 17.0 Å². The number of nitrogens with one attached hydrogen (secondary N) is 1. The van der Waals surface area contributed by atoms with Crippen LogP contribution in [0.5, 0.6) is 0 Å². The van der Waals surface area contributed by atoms with E-state index in [-0.39, 0.29) is 17.4 Å². The third kappa shape index (κ3) is 4.53. The molecular formula is C22H22FN5O2. The van der Waals surface area contributed by atoms with Crippen molar-refractivity contribution in [1.29, 1.82) is 0 Å². The van der Waals surface area contributed by atoms with Crippen LogP contribution in [0.1, 0.15) is 18.4 Å². The Kier molecular flexibility index (Phi) is 5.83. The van der Waals surface area contributed by atoms with Gasteiger partial charge in [-0.05, 0) is 48.7 Å². The predicted octanol–water partition coefficient (Wildman–Crippen LogP) is 2.30. The van der Waals surface area contributed by atoms with Crippen LogP contribution in [0.4, 0.5) is 10.2 Å². The number of nitrogens with zero attached hydrogens (tertiary/aromatic N) is 4. The molecule has 1 aliphatic heterocycles.